The molecule has 0 bridgehead atoms. The Bertz CT molecular complexity index is 395. The van der Waals surface area contributed by atoms with E-state index in [-0.39, 0.29) is 18.6 Å². The van der Waals surface area contributed by atoms with E-state index in [0.717, 1.165) is 0 Å². The first kappa shape index (κ1) is 16.8. The van der Waals surface area contributed by atoms with E-state index in [0.29, 0.717) is 24.6 Å². The van der Waals surface area contributed by atoms with Gasteiger partial charge in [0.15, 0.2) is 11.5 Å². The molecule has 0 heterocycles. The minimum absolute atomic E-state index is 0.105. The Morgan fingerprint density at radius 1 is 1.25 bits per heavy atom. The normalized spacial score (nSPS) is 13.1. The molecule has 5 heteroatoms. The molecule has 0 fully saturated rings. The van der Waals surface area contributed by atoms with E-state index in [2.05, 4.69) is 5.32 Å². The lowest BCUT2D eigenvalue weighted by Crippen LogP contribution is -2.38. The number of para-hydroxylation sites is 2. The topological polar surface area (TPSA) is 71.0 Å². The minimum Gasteiger partial charge on any atom is -0.493 e. The molecule has 0 spiro atoms. The Labute approximate surface area is 120 Å². The molecule has 0 aliphatic carbocycles. The first-order valence-corrected chi connectivity index (χ1v) is 6.74. The summed E-state index contributed by atoms with van der Waals surface area (Å²) in [5, 5.41) is 22.1. The second kappa shape index (κ2) is 8.09. The Hall–Kier alpha value is -1.30. The van der Waals surface area contributed by atoms with Crippen molar-refractivity contribution in [1.29, 1.82) is 0 Å². The molecule has 1 aromatic rings. The fraction of sp³-hybridized carbons (Fsp3) is 0.600. The van der Waals surface area contributed by atoms with Gasteiger partial charge in [-0.1, -0.05) is 26.0 Å². The first-order chi connectivity index (χ1) is 9.48. The van der Waals surface area contributed by atoms with E-state index < -0.39 is 6.10 Å². The molecular formula is C15H25NO4. The van der Waals surface area contributed by atoms with Gasteiger partial charge in [0.1, 0.15) is 12.7 Å². The zero-order chi connectivity index (χ0) is 15.0. The minimum atomic E-state index is -0.616. The maximum Gasteiger partial charge on any atom is 0.161 e. The highest BCUT2D eigenvalue weighted by atomic mass is 16.5. The zero-order valence-corrected chi connectivity index (χ0v) is 12.4. The van der Waals surface area contributed by atoms with E-state index in [1.54, 1.807) is 13.2 Å². The highest BCUT2D eigenvalue weighted by Crippen LogP contribution is 2.25. The summed E-state index contributed by atoms with van der Waals surface area (Å²) in [5.74, 6) is 1.26. The second-order valence-corrected chi connectivity index (χ2v) is 5.57. The molecule has 5 nitrogen and oxygen atoms in total. The van der Waals surface area contributed by atoms with Crippen LogP contribution in [0.2, 0.25) is 0 Å². The molecule has 1 rings (SSSR count). The van der Waals surface area contributed by atoms with Crippen molar-refractivity contribution < 1.29 is 19.7 Å². The van der Waals surface area contributed by atoms with Gasteiger partial charge in [-0.2, -0.15) is 0 Å². The van der Waals surface area contributed by atoms with E-state index in [4.69, 9.17) is 14.6 Å². The molecule has 0 saturated heterocycles. The van der Waals surface area contributed by atoms with Crippen LogP contribution >= 0.6 is 0 Å². The van der Waals surface area contributed by atoms with Gasteiger partial charge in [-0.15, -0.1) is 0 Å². The quantitative estimate of drug-likeness (QED) is 0.632. The summed E-state index contributed by atoms with van der Waals surface area (Å²) in [6.45, 7) is 5.25. The number of aliphatic hydroxyl groups excluding tert-OH is 2. The lowest BCUT2D eigenvalue weighted by molar-refractivity contribution is 0.0966. The molecule has 0 saturated carbocycles. The number of hydrogen-bond acceptors (Lipinski definition) is 5. The summed E-state index contributed by atoms with van der Waals surface area (Å²) in [6, 6.07) is 7.32. The average Bonchev–Trinajstić information content (AvgIpc) is 2.45. The van der Waals surface area contributed by atoms with Crippen LogP contribution in [-0.2, 0) is 0 Å². The van der Waals surface area contributed by atoms with Crippen LogP contribution in [0.1, 0.15) is 13.8 Å². The largest absolute Gasteiger partial charge is 0.493 e. The summed E-state index contributed by atoms with van der Waals surface area (Å²) in [4.78, 5) is 0. The summed E-state index contributed by atoms with van der Waals surface area (Å²) in [7, 11) is 1.58. The molecule has 0 radical (unpaired) electrons. The SMILES string of the molecule is COc1ccccc1OCC(O)CNCC(C)(C)CO. The number of benzene rings is 1. The van der Waals surface area contributed by atoms with Crippen molar-refractivity contribution in [2.24, 2.45) is 5.41 Å². The van der Waals surface area contributed by atoms with Gasteiger partial charge in [0.25, 0.3) is 0 Å². The average molecular weight is 283 g/mol. The predicted octanol–water partition coefficient (Wildman–Crippen LogP) is 1.04. The summed E-state index contributed by atoms with van der Waals surface area (Å²) in [5.41, 5.74) is -0.191. The van der Waals surface area contributed by atoms with Crippen molar-refractivity contribution in [3.05, 3.63) is 24.3 Å². The Balaban J connectivity index is 2.31. The van der Waals surface area contributed by atoms with Gasteiger partial charge >= 0.3 is 0 Å². The molecule has 1 atom stereocenters. The number of aliphatic hydroxyl groups is 2. The zero-order valence-electron chi connectivity index (χ0n) is 12.4. The van der Waals surface area contributed by atoms with Crippen LogP contribution < -0.4 is 14.8 Å². The van der Waals surface area contributed by atoms with Crippen molar-refractivity contribution in [2.75, 3.05) is 33.4 Å². The number of ether oxygens (including phenoxy) is 2. The van der Waals surface area contributed by atoms with Gasteiger partial charge in [-0.05, 0) is 12.1 Å². The van der Waals surface area contributed by atoms with Gasteiger partial charge in [0.05, 0.1) is 7.11 Å². The third-order valence-electron chi connectivity index (χ3n) is 2.91. The fourth-order valence-corrected chi connectivity index (χ4v) is 1.62. The monoisotopic (exact) mass is 283 g/mol. The second-order valence-electron chi connectivity index (χ2n) is 5.57. The maximum atomic E-state index is 9.85. The smallest absolute Gasteiger partial charge is 0.161 e. The van der Waals surface area contributed by atoms with Crippen LogP contribution in [0.4, 0.5) is 0 Å². The fourth-order valence-electron chi connectivity index (χ4n) is 1.62. The molecule has 1 aromatic carbocycles. The van der Waals surface area contributed by atoms with Crippen LogP contribution in [0.25, 0.3) is 0 Å². The van der Waals surface area contributed by atoms with Crippen LogP contribution in [0.5, 0.6) is 11.5 Å². The lowest BCUT2D eigenvalue weighted by Gasteiger charge is -2.23. The Morgan fingerprint density at radius 2 is 1.90 bits per heavy atom. The number of methoxy groups -OCH3 is 1. The third kappa shape index (κ3) is 5.77. The van der Waals surface area contributed by atoms with Gasteiger partial charge in [-0.25, -0.2) is 0 Å². The van der Waals surface area contributed by atoms with E-state index in [1.807, 2.05) is 32.0 Å². The van der Waals surface area contributed by atoms with Crippen molar-refractivity contribution in [3.63, 3.8) is 0 Å². The Morgan fingerprint density at radius 3 is 2.50 bits per heavy atom. The van der Waals surface area contributed by atoms with Crippen molar-refractivity contribution >= 4 is 0 Å². The number of rotatable bonds is 9. The highest BCUT2D eigenvalue weighted by Gasteiger charge is 2.16. The standard InChI is InChI=1S/C15H25NO4/c1-15(2,11-17)10-16-8-12(18)9-20-14-7-5-4-6-13(14)19-3/h4-7,12,16-18H,8-11H2,1-3H3. The van der Waals surface area contributed by atoms with Gasteiger partial charge in [-0.3, -0.25) is 0 Å². The summed E-state index contributed by atoms with van der Waals surface area (Å²) >= 11 is 0. The molecule has 1 unspecified atom stereocenters. The van der Waals surface area contributed by atoms with Crippen LogP contribution in [0.3, 0.4) is 0 Å². The first-order valence-electron chi connectivity index (χ1n) is 6.74. The van der Waals surface area contributed by atoms with E-state index >= 15 is 0 Å². The van der Waals surface area contributed by atoms with E-state index in [1.165, 1.54) is 0 Å². The molecule has 114 valence electrons. The number of nitrogens with one attached hydrogen (secondary N) is 1. The third-order valence-corrected chi connectivity index (χ3v) is 2.91. The van der Waals surface area contributed by atoms with Gasteiger partial charge in [0, 0.05) is 25.1 Å². The van der Waals surface area contributed by atoms with E-state index in [9.17, 15) is 5.11 Å². The molecular weight excluding hydrogens is 258 g/mol. The highest BCUT2D eigenvalue weighted by molar-refractivity contribution is 5.39. The molecule has 3 N–H and O–H groups in total. The summed E-state index contributed by atoms with van der Waals surface area (Å²) in [6.07, 6.45) is -0.616. The van der Waals surface area contributed by atoms with Crippen LogP contribution in [-0.4, -0.2) is 49.7 Å². The summed E-state index contributed by atoms with van der Waals surface area (Å²) < 4.78 is 10.7. The predicted molar refractivity (Wildman–Crippen MR) is 78.2 cm³/mol. The maximum absolute atomic E-state index is 9.85. The van der Waals surface area contributed by atoms with Crippen molar-refractivity contribution in [1.82, 2.24) is 5.32 Å². The molecule has 0 aromatic heterocycles. The lowest BCUT2D eigenvalue weighted by atomic mass is 9.95. The molecule has 20 heavy (non-hydrogen) atoms. The van der Waals surface area contributed by atoms with Crippen LogP contribution in [0, 0.1) is 5.41 Å². The van der Waals surface area contributed by atoms with Crippen molar-refractivity contribution in [3.8, 4) is 11.5 Å². The molecule has 0 aliphatic heterocycles. The number of hydrogen-bond donors (Lipinski definition) is 3. The molecule has 0 amide bonds. The van der Waals surface area contributed by atoms with Gasteiger partial charge < -0.3 is 25.0 Å². The molecule has 0 aliphatic rings. The van der Waals surface area contributed by atoms with Crippen LogP contribution in [0.15, 0.2) is 24.3 Å². The van der Waals surface area contributed by atoms with Crippen molar-refractivity contribution in [2.45, 2.75) is 20.0 Å². The van der Waals surface area contributed by atoms with Gasteiger partial charge in [0.2, 0.25) is 0 Å². The Kier molecular flexibility index (Phi) is 6.78.